The van der Waals surface area contributed by atoms with Gasteiger partial charge in [-0.15, -0.1) is 0 Å². The SMILES string of the molecule is CO[C@@H](C)C(=O)NNC(=O)C12CC3CC(CC(C3)C1)C2. The minimum Gasteiger partial charge on any atom is -0.372 e. The molecule has 5 heteroatoms. The molecule has 4 aliphatic carbocycles. The number of hydrogen-bond acceptors (Lipinski definition) is 3. The first kappa shape index (κ1) is 13.9. The molecule has 0 aromatic heterocycles. The fraction of sp³-hybridized carbons (Fsp3) is 0.867. The van der Waals surface area contributed by atoms with E-state index in [9.17, 15) is 9.59 Å². The van der Waals surface area contributed by atoms with Crippen molar-refractivity contribution in [1.29, 1.82) is 0 Å². The number of methoxy groups -OCH3 is 1. The minimum atomic E-state index is -0.549. The van der Waals surface area contributed by atoms with Gasteiger partial charge in [-0.3, -0.25) is 20.4 Å². The second-order valence-corrected chi connectivity index (χ2v) is 7.02. The predicted octanol–water partition coefficient (Wildman–Crippen LogP) is 1.39. The average molecular weight is 280 g/mol. The lowest BCUT2D eigenvalue weighted by molar-refractivity contribution is -0.150. The molecule has 5 nitrogen and oxygen atoms in total. The van der Waals surface area contributed by atoms with Gasteiger partial charge in [0.2, 0.25) is 5.91 Å². The highest BCUT2D eigenvalue weighted by Crippen LogP contribution is 2.59. The Kier molecular flexibility index (Phi) is 3.48. The molecule has 4 fully saturated rings. The van der Waals surface area contributed by atoms with Crippen LogP contribution in [0.4, 0.5) is 0 Å². The molecule has 0 unspecified atom stereocenters. The van der Waals surface area contributed by atoms with Crippen LogP contribution in [0, 0.1) is 23.2 Å². The maximum atomic E-state index is 12.5. The van der Waals surface area contributed by atoms with Gasteiger partial charge in [-0.2, -0.15) is 0 Å². The monoisotopic (exact) mass is 280 g/mol. The molecule has 4 rings (SSSR count). The molecule has 0 aromatic rings. The van der Waals surface area contributed by atoms with Gasteiger partial charge >= 0.3 is 0 Å². The van der Waals surface area contributed by atoms with Crippen LogP contribution in [0.1, 0.15) is 45.4 Å². The van der Waals surface area contributed by atoms with Gasteiger partial charge in [0, 0.05) is 7.11 Å². The number of nitrogens with one attached hydrogen (secondary N) is 2. The van der Waals surface area contributed by atoms with E-state index in [1.165, 1.54) is 26.4 Å². The summed E-state index contributed by atoms with van der Waals surface area (Å²) in [6, 6.07) is 0. The Morgan fingerprint density at radius 3 is 2.00 bits per heavy atom. The van der Waals surface area contributed by atoms with Crippen LogP contribution < -0.4 is 10.9 Å². The van der Waals surface area contributed by atoms with Crippen molar-refractivity contribution in [2.75, 3.05) is 7.11 Å². The van der Waals surface area contributed by atoms with Gasteiger partial charge in [-0.05, 0) is 63.2 Å². The Balaban J connectivity index is 1.61. The lowest BCUT2D eigenvalue weighted by Crippen LogP contribution is -2.57. The molecule has 0 radical (unpaired) electrons. The molecular formula is C15H24N2O3. The zero-order chi connectivity index (χ0) is 14.3. The molecule has 4 bridgehead atoms. The lowest BCUT2D eigenvalue weighted by atomic mass is 9.49. The molecule has 4 saturated carbocycles. The lowest BCUT2D eigenvalue weighted by Gasteiger charge is -2.55. The van der Waals surface area contributed by atoms with Gasteiger partial charge in [-0.1, -0.05) is 0 Å². The van der Waals surface area contributed by atoms with Crippen LogP contribution in [-0.4, -0.2) is 25.0 Å². The van der Waals surface area contributed by atoms with E-state index in [4.69, 9.17) is 4.74 Å². The first-order valence-electron chi connectivity index (χ1n) is 7.65. The second kappa shape index (κ2) is 5.02. The van der Waals surface area contributed by atoms with E-state index in [1.54, 1.807) is 6.92 Å². The van der Waals surface area contributed by atoms with Crippen LogP contribution in [0.5, 0.6) is 0 Å². The van der Waals surface area contributed by atoms with Gasteiger partial charge in [0.1, 0.15) is 6.10 Å². The van der Waals surface area contributed by atoms with Crippen LogP contribution in [0.25, 0.3) is 0 Å². The summed E-state index contributed by atoms with van der Waals surface area (Å²) in [4.78, 5) is 24.2. The Morgan fingerprint density at radius 1 is 1.05 bits per heavy atom. The van der Waals surface area contributed by atoms with Crippen LogP contribution in [-0.2, 0) is 14.3 Å². The highest BCUT2D eigenvalue weighted by molar-refractivity contribution is 5.87. The number of rotatable bonds is 3. The van der Waals surface area contributed by atoms with Crippen LogP contribution >= 0.6 is 0 Å². The van der Waals surface area contributed by atoms with Crippen molar-refractivity contribution < 1.29 is 14.3 Å². The van der Waals surface area contributed by atoms with Gasteiger partial charge in [0.25, 0.3) is 5.91 Å². The van der Waals surface area contributed by atoms with Gasteiger partial charge < -0.3 is 4.74 Å². The largest absolute Gasteiger partial charge is 0.372 e. The number of carbonyl (C=O) groups excluding carboxylic acids is 2. The summed E-state index contributed by atoms with van der Waals surface area (Å²) >= 11 is 0. The first-order valence-corrected chi connectivity index (χ1v) is 7.65. The summed E-state index contributed by atoms with van der Waals surface area (Å²) in [6.07, 6.45) is 6.37. The Bertz CT molecular complexity index is 386. The van der Waals surface area contributed by atoms with E-state index >= 15 is 0 Å². The number of ether oxygens (including phenoxy) is 1. The van der Waals surface area contributed by atoms with Crippen LogP contribution in [0.3, 0.4) is 0 Å². The zero-order valence-corrected chi connectivity index (χ0v) is 12.3. The molecule has 0 heterocycles. The minimum absolute atomic E-state index is 0.00764. The fourth-order valence-electron chi connectivity index (χ4n) is 4.85. The summed E-state index contributed by atoms with van der Waals surface area (Å²) in [5, 5.41) is 0. The van der Waals surface area contributed by atoms with Crippen molar-refractivity contribution in [3.05, 3.63) is 0 Å². The summed E-state index contributed by atoms with van der Waals surface area (Å²) < 4.78 is 4.93. The van der Waals surface area contributed by atoms with Crippen molar-refractivity contribution in [2.24, 2.45) is 23.2 Å². The van der Waals surface area contributed by atoms with Crippen molar-refractivity contribution >= 4 is 11.8 Å². The van der Waals surface area contributed by atoms with Crippen molar-refractivity contribution in [1.82, 2.24) is 10.9 Å². The number of carbonyl (C=O) groups is 2. The van der Waals surface area contributed by atoms with E-state index in [0.29, 0.717) is 0 Å². The van der Waals surface area contributed by atoms with Gasteiger partial charge in [0.05, 0.1) is 5.41 Å². The smallest absolute Gasteiger partial charge is 0.267 e. The third kappa shape index (κ3) is 2.32. The van der Waals surface area contributed by atoms with E-state index in [1.807, 2.05) is 0 Å². The van der Waals surface area contributed by atoms with E-state index in [0.717, 1.165) is 37.0 Å². The maximum Gasteiger partial charge on any atom is 0.267 e. The highest BCUT2D eigenvalue weighted by Gasteiger charge is 2.54. The van der Waals surface area contributed by atoms with Crippen molar-refractivity contribution in [3.8, 4) is 0 Å². The Morgan fingerprint density at radius 2 is 1.55 bits per heavy atom. The average Bonchev–Trinajstić information content (AvgIpc) is 2.41. The third-order valence-corrected chi connectivity index (χ3v) is 5.54. The number of amides is 2. The third-order valence-electron chi connectivity index (χ3n) is 5.54. The molecule has 0 spiro atoms. The standard InChI is InChI=1S/C15H24N2O3/c1-9(20-2)13(18)16-17-14(19)15-6-10-3-11(7-15)5-12(4-10)8-15/h9-12H,3-8H2,1-2H3,(H,16,18)(H,17,19)/t9-,10?,11?,12?,15?/m0/s1. The first-order chi connectivity index (χ1) is 9.52. The normalized spacial score (nSPS) is 39.4. The van der Waals surface area contributed by atoms with Crippen molar-refractivity contribution in [3.63, 3.8) is 0 Å². The summed E-state index contributed by atoms with van der Waals surface area (Å²) in [7, 11) is 1.48. The van der Waals surface area contributed by atoms with Gasteiger partial charge in [0.15, 0.2) is 0 Å². The Labute approximate surface area is 119 Å². The molecule has 0 saturated heterocycles. The molecule has 20 heavy (non-hydrogen) atoms. The van der Waals surface area contributed by atoms with Crippen LogP contribution in [0.15, 0.2) is 0 Å². The number of hydrazine groups is 1. The second-order valence-electron chi connectivity index (χ2n) is 7.02. The summed E-state index contributed by atoms with van der Waals surface area (Å²) in [5.74, 6) is 1.88. The number of hydrogen-bond donors (Lipinski definition) is 2. The molecule has 0 aromatic carbocycles. The molecule has 2 amide bonds. The summed E-state index contributed by atoms with van der Waals surface area (Å²) in [6.45, 7) is 1.66. The molecule has 0 aliphatic heterocycles. The van der Waals surface area contributed by atoms with E-state index in [2.05, 4.69) is 10.9 Å². The molecular weight excluding hydrogens is 256 g/mol. The summed E-state index contributed by atoms with van der Waals surface area (Å²) in [5.41, 5.74) is 4.91. The van der Waals surface area contributed by atoms with E-state index in [-0.39, 0.29) is 17.2 Å². The fourth-order valence-corrected chi connectivity index (χ4v) is 4.85. The van der Waals surface area contributed by atoms with Crippen LogP contribution in [0.2, 0.25) is 0 Å². The zero-order valence-electron chi connectivity index (χ0n) is 12.3. The molecule has 2 N–H and O–H groups in total. The topological polar surface area (TPSA) is 67.4 Å². The molecule has 4 aliphatic rings. The molecule has 1 atom stereocenters. The quantitative estimate of drug-likeness (QED) is 0.768. The van der Waals surface area contributed by atoms with E-state index < -0.39 is 6.10 Å². The van der Waals surface area contributed by atoms with Gasteiger partial charge in [-0.25, -0.2) is 0 Å². The maximum absolute atomic E-state index is 12.5. The highest BCUT2D eigenvalue weighted by atomic mass is 16.5. The Hall–Kier alpha value is -1.10. The van der Waals surface area contributed by atoms with Crippen molar-refractivity contribution in [2.45, 2.75) is 51.6 Å². The molecule has 112 valence electrons. The predicted molar refractivity (Wildman–Crippen MR) is 73.4 cm³/mol.